The molecule has 0 aromatic heterocycles. The van der Waals surface area contributed by atoms with Gasteiger partial charge in [0.15, 0.2) is 0 Å². The predicted molar refractivity (Wildman–Crippen MR) is 77.9 cm³/mol. The van der Waals surface area contributed by atoms with Crippen LogP contribution in [0, 0.1) is 0 Å². The molecule has 0 unspecified atom stereocenters. The van der Waals surface area contributed by atoms with Crippen molar-refractivity contribution in [3.8, 4) is 0 Å². The van der Waals surface area contributed by atoms with Gasteiger partial charge in [0.25, 0.3) is 6.43 Å². The van der Waals surface area contributed by atoms with Gasteiger partial charge in [0, 0.05) is 12.1 Å². The van der Waals surface area contributed by atoms with Gasteiger partial charge in [-0.15, -0.1) is 0 Å². The molecule has 0 bridgehead atoms. The van der Waals surface area contributed by atoms with E-state index in [2.05, 4.69) is 17.4 Å². The van der Waals surface area contributed by atoms with Crippen molar-refractivity contribution in [2.45, 2.75) is 25.8 Å². The Morgan fingerprint density at radius 3 is 2.40 bits per heavy atom. The fourth-order valence-corrected chi connectivity index (χ4v) is 2.13. The van der Waals surface area contributed by atoms with Crippen molar-refractivity contribution in [1.82, 2.24) is 5.32 Å². The summed E-state index contributed by atoms with van der Waals surface area (Å²) in [6.45, 7) is 1.52. The number of rotatable bonds is 7. The van der Waals surface area contributed by atoms with Crippen LogP contribution in [0.1, 0.15) is 29.5 Å². The lowest BCUT2D eigenvalue weighted by Crippen LogP contribution is -2.15. The van der Waals surface area contributed by atoms with E-state index in [4.69, 9.17) is 0 Å². The molecule has 0 fully saturated rings. The Balaban J connectivity index is 1.69. The van der Waals surface area contributed by atoms with Crippen molar-refractivity contribution in [1.29, 1.82) is 0 Å². The fraction of sp³-hybridized carbons (Fsp3) is 0.294. The monoisotopic (exact) mass is 275 g/mol. The summed E-state index contributed by atoms with van der Waals surface area (Å²) in [7, 11) is 0. The first-order valence-corrected chi connectivity index (χ1v) is 6.87. The minimum atomic E-state index is -2.40. The molecule has 1 nitrogen and oxygen atoms in total. The zero-order chi connectivity index (χ0) is 14.2. The van der Waals surface area contributed by atoms with E-state index in [9.17, 15) is 8.78 Å². The number of halogens is 2. The zero-order valence-electron chi connectivity index (χ0n) is 11.4. The maximum atomic E-state index is 12.6. The highest BCUT2D eigenvalue weighted by Gasteiger charge is 2.06. The molecule has 0 heterocycles. The van der Waals surface area contributed by atoms with Crippen LogP contribution in [0.3, 0.4) is 0 Å². The molecule has 2 aromatic rings. The lowest BCUT2D eigenvalue weighted by molar-refractivity contribution is 0.151. The number of aryl methyl sites for hydroxylation is 1. The molecule has 0 aliphatic rings. The highest BCUT2D eigenvalue weighted by Crippen LogP contribution is 2.19. The number of hydrogen-bond donors (Lipinski definition) is 1. The summed E-state index contributed by atoms with van der Waals surface area (Å²) in [5.41, 5.74) is 2.32. The topological polar surface area (TPSA) is 12.0 Å². The Labute approximate surface area is 118 Å². The van der Waals surface area contributed by atoms with Crippen molar-refractivity contribution in [3.05, 3.63) is 71.3 Å². The maximum absolute atomic E-state index is 12.6. The van der Waals surface area contributed by atoms with E-state index < -0.39 is 6.43 Å². The molecule has 0 saturated heterocycles. The SMILES string of the molecule is FC(F)c1cccc(CNCCCc2ccccc2)c1. The molecule has 2 rings (SSSR count). The van der Waals surface area contributed by atoms with Gasteiger partial charge < -0.3 is 5.32 Å². The van der Waals surface area contributed by atoms with E-state index in [1.54, 1.807) is 12.1 Å². The Morgan fingerprint density at radius 1 is 0.900 bits per heavy atom. The van der Waals surface area contributed by atoms with E-state index in [1.807, 2.05) is 24.3 Å². The third kappa shape index (κ3) is 4.74. The van der Waals surface area contributed by atoms with E-state index in [0.29, 0.717) is 6.54 Å². The molecule has 0 aliphatic carbocycles. The molecular formula is C17H19F2N. The summed E-state index contributed by atoms with van der Waals surface area (Å²) in [6, 6.07) is 16.9. The molecule has 0 saturated carbocycles. The van der Waals surface area contributed by atoms with Gasteiger partial charge in [0.2, 0.25) is 0 Å². The molecule has 0 atom stereocenters. The van der Waals surface area contributed by atoms with Crippen LogP contribution in [-0.4, -0.2) is 6.54 Å². The van der Waals surface area contributed by atoms with Crippen molar-refractivity contribution in [3.63, 3.8) is 0 Å². The Morgan fingerprint density at radius 2 is 1.65 bits per heavy atom. The molecular weight excluding hydrogens is 256 g/mol. The van der Waals surface area contributed by atoms with Crippen LogP contribution in [0.5, 0.6) is 0 Å². The number of nitrogens with one attached hydrogen (secondary N) is 1. The average molecular weight is 275 g/mol. The van der Waals surface area contributed by atoms with Crippen LogP contribution in [0.2, 0.25) is 0 Å². The molecule has 20 heavy (non-hydrogen) atoms. The Kier molecular flexibility index (Phi) is 5.69. The first-order valence-electron chi connectivity index (χ1n) is 6.87. The van der Waals surface area contributed by atoms with E-state index in [-0.39, 0.29) is 5.56 Å². The van der Waals surface area contributed by atoms with Gasteiger partial charge in [-0.1, -0.05) is 48.5 Å². The number of alkyl halides is 2. The lowest BCUT2D eigenvalue weighted by Gasteiger charge is -2.07. The highest BCUT2D eigenvalue weighted by atomic mass is 19.3. The smallest absolute Gasteiger partial charge is 0.263 e. The van der Waals surface area contributed by atoms with Crippen molar-refractivity contribution in [2.24, 2.45) is 0 Å². The van der Waals surface area contributed by atoms with Gasteiger partial charge in [0.05, 0.1) is 0 Å². The van der Waals surface area contributed by atoms with E-state index in [1.165, 1.54) is 11.6 Å². The predicted octanol–water partition coefficient (Wildman–Crippen LogP) is 4.35. The van der Waals surface area contributed by atoms with Crippen LogP contribution in [-0.2, 0) is 13.0 Å². The maximum Gasteiger partial charge on any atom is 0.263 e. The van der Waals surface area contributed by atoms with Gasteiger partial charge in [0.1, 0.15) is 0 Å². The standard InChI is InChI=1S/C17H19F2N/c18-17(19)16-10-4-8-15(12-16)13-20-11-5-9-14-6-2-1-3-7-14/h1-4,6-8,10,12,17,20H,5,9,11,13H2. The van der Waals surface area contributed by atoms with Crippen LogP contribution >= 0.6 is 0 Å². The minimum absolute atomic E-state index is 0.0913. The molecule has 0 radical (unpaired) electrons. The molecule has 2 aromatic carbocycles. The molecule has 0 amide bonds. The Bertz CT molecular complexity index is 511. The number of benzene rings is 2. The van der Waals surface area contributed by atoms with Gasteiger partial charge in [-0.2, -0.15) is 0 Å². The first kappa shape index (κ1) is 14.7. The zero-order valence-corrected chi connectivity index (χ0v) is 11.4. The molecule has 0 aliphatic heterocycles. The lowest BCUT2D eigenvalue weighted by atomic mass is 10.1. The third-order valence-corrected chi connectivity index (χ3v) is 3.19. The van der Waals surface area contributed by atoms with Crippen molar-refractivity contribution >= 4 is 0 Å². The molecule has 1 N–H and O–H groups in total. The van der Waals surface area contributed by atoms with Gasteiger partial charge in [-0.05, 0) is 36.6 Å². The van der Waals surface area contributed by atoms with Crippen molar-refractivity contribution < 1.29 is 8.78 Å². The Hall–Kier alpha value is -1.74. The first-order chi connectivity index (χ1) is 9.75. The molecule has 106 valence electrons. The second kappa shape index (κ2) is 7.75. The summed E-state index contributed by atoms with van der Waals surface area (Å²) < 4.78 is 25.1. The van der Waals surface area contributed by atoms with Crippen LogP contribution in [0.15, 0.2) is 54.6 Å². The summed E-state index contributed by atoms with van der Waals surface area (Å²) in [6.07, 6.45) is -0.322. The van der Waals surface area contributed by atoms with Crippen LogP contribution < -0.4 is 5.32 Å². The minimum Gasteiger partial charge on any atom is -0.313 e. The summed E-state index contributed by atoms with van der Waals surface area (Å²) in [5, 5.41) is 3.29. The largest absolute Gasteiger partial charge is 0.313 e. The summed E-state index contributed by atoms with van der Waals surface area (Å²) >= 11 is 0. The summed E-state index contributed by atoms with van der Waals surface area (Å²) in [4.78, 5) is 0. The molecule has 0 spiro atoms. The number of hydrogen-bond acceptors (Lipinski definition) is 1. The second-order valence-electron chi connectivity index (χ2n) is 4.81. The third-order valence-electron chi connectivity index (χ3n) is 3.19. The van der Waals surface area contributed by atoms with Gasteiger partial charge in [-0.3, -0.25) is 0 Å². The second-order valence-corrected chi connectivity index (χ2v) is 4.81. The summed E-state index contributed by atoms with van der Waals surface area (Å²) in [5.74, 6) is 0. The van der Waals surface area contributed by atoms with Crippen LogP contribution in [0.25, 0.3) is 0 Å². The van der Waals surface area contributed by atoms with Crippen molar-refractivity contribution in [2.75, 3.05) is 6.54 Å². The van der Waals surface area contributed by atoms with Gasteiger partial charge in [-0.25, -0.2) is 8.78 Å². The van der Waals surface area contributed by atoms with E-state index in [0.717, 1.165) is 24.9 Å². The quantitative estimate of drug-likeness (QED) is 0.741. The average Bonchev–Trinajstić information content (AvgIpc) is 2.48. The fourth-order valence-electron chi connectivity index (χ4n) is 2.13. The highest BCUT2D eigenvalue weighted by molar-refractivity contribution is 5.24. The molecule has 3 heteroatoms. The van der Waals surface area contributed by atoms with Crippen LogP contribution in [0.4, 0.5) is 8.78 Å². The normalized spacial score (nSPS) is 10.9. The van der Waals surface area contributed by atoms with E-state index >= 15 is 0 Å². The van der Waals surface area contributed by atoms with Gasteiger partial charge >= 0.3 is 0 Å².